The average Bonchev–Trinajstić information content (AvgIpc) is 3.48. The molecule has 0 saturated carbocycles. The van der Waals surface area contributed by atoms with Crippen LogP contribution in [0, 0.1) is 0 Å². The molecule has 0 spiro atoms. The quantitative estimate of drug-likeness (QED) is 0.470. The van der Waals surface area contributed by atoms with E-state index >= 15 is 0 Å². The molecule has 0 bridgehead atoms. The zero-order valence-corrected chi connectivity index (χ0v) is 14.7. The van der Waals surface area contributed by atoms with Crippen molar-refractivity contribution < 1.29 is 0 Å². The van der Waals surface area contributed by atoms with Crippen LogP contribution in [-0.2, 0) is 6.54 Å². The molecule has 28 heavy (non-hydrogen) atoms. The highest BCUT2D eigenvalue weighted by Crippen LogP contribution is 2.19. The van der Waals surface area contributed by atoms with Crippen LogP contribution in [0.15, 0.2) is 61.3 Å². The van der Waals surface area contributed by atoms with E-state index in [2.05, 4.69) is 40.9 Å². The maximum atomic E-state index is 4.59. The Kier molecular flexibility index (Phi) is 3.94. The summed E-state index contributed by atoms with van der Waals surface area (Å²) in [5.41, 5.74) is 1.01. The van der Waals surface area contributed by atoms with Gasteiger partial charge >= 0.3 is 0 Å². The monoisotopic (exact) mass is 373 g/mol. The van der Waals surface area contributed by atoms with Gasteiger partial charge in [0.25, 0.3) is 5.95 Å². The van der Waals surface area contributed by atoms with Crippen LogP contribution in [0.25, 0.3) is 22.8 Å². The summed E-state index contributed by atoms with van der Waals surface area (Å²) >= 11 is 0. The molecule has 0 radical (unpaired) electrons. The molecule has 0 aliphatic carbocycles. The van der Waals surface area contributed by atoms with Gasteiger partial charge in [0, 0.05) is 30.5 Å². The molecule has 1 aromatic carbocycles. The molecule has 4 heterocycles. The number of benzene rings is 1. The van der Waals surface area contributed by atoms with Gasteiger partial charge in [0.15, 0.2) is 0 Å². The lowest BCUT2D eigenvalue weighted by Crippen LogP contribution is -2.16. The van der Waals surface area contributed by atoms with E-state index in [1.54, 1.807) is 28.1 Å². The van der Waals surface area contributed by atoms with Gasteiger partial charge in [0.2, 0.25) is 11.9 Å². The molecule has 5 rings (SSSR count). The van der Waals surface area contributed by atoms with Gasteiger partial charge in [-0.2, -0.15) is 20.1 Å². The number of nitrogens with zero attached hydrogens (tertiary/aromatic N) is 10. The van der Waals surface area contributed by atoms with E-state index in [1.165, 1.54) is 0 Å². The van der Waals surface area contributed by atoms with Crippen LogP contribution >= 0.6 is 0 Å². The van der Waals surface area contributed by atoms with E-state index in [0.29, 0.717) is 30.9 Å². The summed E-state index contributed by atoms with van der Waals surface area (Å²) in [5, 5.41) is 19.6. The highest BCUT2D eigenvalue weighted by Gasteiger charge is 2.12. The smallest absolute Gasteiger partial charge is 0.257 e. The van der Waals surface area contributed by atoms with E-state index in [9.17, 15) is 0 Å². The summed E-state index contributed by atoms with van der Waals surface area (Å²) in [5.74, 6) is 1.38. The molecule has 138 valence electrons. The highest BCUT2D eigenvalue weighted by atomic mass is 15.5. The lowest BCUT2D eigenvalue weighted by Gasteiger charge is -2.10. The third kappa shape index (κ3) is 3.05. The van der Waals surface area contributed by atoms with Crippen molar-refractivity contribution in [3.63, 3.8) is 0 Å². The largest absolute Gasteiger partial charge is 0.352 e. The minimum atomic E-state index is 0.428. The second kappa shape index (κ2) is 6.87. The summed E-state index contributed by atoms with van der Waals surface area (Å²) in [6, 6.07) is 11.9. The summed E-state index contributed by atoms with van der Waals surface area (Å²) in [6.45, 7) is 1.14. The number of rotatable bonds is 6. The molecule has 5 aromatic rings. The van der Waals surface area contributed by atoms with Crippen molar-refractivity contribution in [3.8, 4) is 11.9 Å². The number of fused-ring (bicyclic) bond motifs is 1. The van der Waals surface area contributed by atoms with Crippen molar-refractivity contribution >= 4 is 16.9 Å². The Bertz CT molecular complexity index is 1190. The van der Waals surface area contributed by atoms with Gasteiger partial charge in [-0.15, -0.1) is 5.10 Å². The fraction of sp³-hybridized carbons (Fsp3) is 0.118. The molecule has 0 aliphatic heterocycles. The number of hydrogen-bond acceptors (Lipinski definition) is 8. The lowest BCUT2D eigenvalue weighted by atomic mass is 10.2. The van der Waals surface area contributed by atoms with Crippen molar-refractivity contribution in [2.24, 2.45) is 0 Å². The van der Waals surface area contributed by atoms with Crippen LogP contribution in [0.4, 0.5) is 5.95 Å². The van der Waals surface area contributed by atoms with Gasteiger partial charge in [0.1, 0.15) is 6.33 Å². The Hall–Kier alpha value is -4.15. The SMILES string of the molecule is c1ccc2c(c1)ccn2-c1nc(NCCn2cnnn2)nc(-n2cccn2)n1. The third-order valence-electron chi connectivity index (χ3n) is 4.15. The minimum absolute atomic E-state index is 0.428. The first-order chi connectivity index (χ1) is 13.9. The normalized spacial score (nSPS) is 11.1. The summed E-state index contributed by atoms with van der Waals surface area (Å²) in [4.78, 5) is 13.6. The molecular formula is C17H15N11. The van der Waals surface area contributed by atoms with Crippen LogP contribution in [0.2, 0.25) is 0 Å². The number of anilines is 1. The van der Waals surface area contributed by atoms with Crippen molar-refractivity contribution in [3.05, 3.63) is 61.3 Å². The zero-order valence-electron chi connectivity index (χ0n) is 14.7. The Balaban J connectivity index is 1.51. The second-order valence-corrected chi connectivity index (χ2v) is 5.95. The maximum absolute atomic E-state index is 4.59. The van der Waals surface area contributed by atoms with Gasteiger partial charge in [-0.1, -0.05) is 18.2 Å². The fourth-order valence-electron chi connectivity index (χ4n) is 2.85. The number of aromatic nitrogens is 10. The third-order valence-corrected chi connectivity index (χ3v) is 4.15. The number of nitrogens with one attached hydrogen (secondary N) is 1. The second-order valence-electron chi connectivity index (χ2n) is 5.95. The van der Waals surface area contributed by atoms with Crippen molar-refractivity contribution in [2.45, 2.75) is 6.54 Å². The van der Waals surface area contributed by atoms with Crippen LogP contribution < -0.4 is 5.32 Å². The lowest BCUT2D eigenvalue weighted by molar-refractivity contribution is 0.606. The van der Waals surface area contributed by atoms with E-state index in [-0.39, 0.29) is 0 Å². The van der Waals surface area contributed by atoms with E-state index in [0.717, 1.165) is 10.9 Å². The molecule has 0 saturated heterocycles. The van der Waals surface area contributed by atoms with E-state index in [1.807, 2.05) is 47.2 Å². The minimum Gasteiger partial charge on any atom is -0.352 e. The fourth-order valence-corrected chi connectivity index (χ4v) is 2.85. The molecule has 0 unspecified atom stereocenters. The molecule has 11 nitrogen and oxygen atoms in total. The predicted octanol–water partition coefficient (Wildman–Crippen LogP) is 1.10. The Morgan fingerprint density at radius 3 is 2.71 bits per heavy atom. The van der Waals surface area contributed by atoms with Crippen LogP contribution in [-0.4, -0.2) is 56.1 Å². The Labute approximate surface area is 158 Å². The van der Waals surface area contributed by atoms with Gasteiger partial charge in [-0.3, -0.25) is 4.57 Å². The molecule has 11 heteroatoms. The summed E-state index contributed by atoms with van der Waals surface area (Å²) in [6.07, 6.45) is 6.97. The van der Waals surface area contributed by atoms with Crippen molar-refractivity contribution in [1.82, 2.24) is 49.5 Å². The van der Waals surface area contributed by atoms with Gasteiger partial charge in [-0.25, -0.2) is 9.36 Å². The summed E-state index contributed by atoms with van der Waals surface area (Å²) in [7, 11) is 0. The molecule has 0 amide bonds. The maximum Gasteiger partial charge on any atom is 0.257 e. The standard InChI is InChI=1S/C17H15N11/c1-2-5-14-13(4-1)6-10-27(14)16-21-15(18-8-11-26-12-19-24-25-26)22-17(23-16)28-9-3-7-20-28/h1-7,9-10,12H,8,11H2,(H,18,21,22,23). The average molecular weight is 373 g/mol. The first kappa shape index (κ1) is 16.1. The van der Waals surface area contributed by atoms with Crippen LogP contribution in [0.1, 0.15) is 0 Å². The molecule has 4 aromatic heterocycles. The summed E-state index contributed by atoms with van der Waals surface area (Å²) < 4.78 is 5.16. The Morgan fingerprint density at radius 1 is 0.929 bits per heavy atom. The molecule has 1 N–H and O–H groups in total. The van der Waals surface area contributed by atoms with E-state index < -0.39 is 0 Å². The molecule has 0 aliphatic rings. The van der Waals surface area contributed by atoms with Crippen LogP contribution in [0.5, 0.6) is 0 Å². The van der Waals surface area contributed by atoms with E-state index in [4.69, 9.17) is 0 Å². The van der Waals surface area contributed by atoms with Gasteiger partial charge in [0.05, 0.1) is 12.1 Å². The van der Waals surface area contributed by atoms with Crippen LogP contribution in [0.3, 0.4) is 0 Å². The number of para-hydroxylation sites is 1. The predicted molar refractivity (Wildman–Crippen MR) is 100 cm³/mol. The number of hydrogen-bond donors (Lipinski definition) is 1. The molecular weight excluding hydrogens is 358 g/mol. The first-order valence-electron chi connectivity index (χ1n) is 8.64. The molecule has 0 fully saturated rings. The van der Waals surface area contributed by atoms with Gasteiger partial charge < -0.3 is 5.32 Å². The van der Waals surface area contributed by atoms with Gasteiger partial charge in [-0.05, 0) is 28.6 Å². The number of tetrazole rings is 1. The Morgan fingerprint density at radius 2 is 1.86 bits per heavy atom. The topological polar surface area (TPSA) is 117 Å². The molecule has 0 atom stereocenters. The highest BCUT2D eigenvalue weighted by molar-refractivity contribution is 5.81. The zero-order chi connectivity index (χ0) is 18.8. The van der Waals surface area contributed by atoms with Crippen molar-refractivity contribution in [2.75, 3.05) is 11.9 Å². The first-order valence-corrected chi connectivity index (χ1v) is 8.64. The van der Waals surface area contributed by atoms with Crippen molar-refractivity contribution in [1.29, 1.82) is 0 Å².